The molecule has 1 unspecified atom stereocenters. The monoisotopic (exact) mass is 370 g/mol. The molecular weight excluding hydrogens is 348 g/mol. The second-order valence-corrected chi connectivity index (χ2v) is 6.50. The number of ether oxygens (including phenoxy) is 1. The fourth-order valence-electron chi connectivity index (χ4n) is 3.04. The Morgan fingerprint density at radius 1 is 1.33 bits per heavy atom. The molecule has 8 nitrogen and oxygen atoms in total. The number of ketones is 1. The molecular formula is C19H22N4O4. The van der Waals surface area contributed by atoms with Gasteiger partial charge in [-0.15, -0.1) is 0 Å². The van der Waals surface area contributed by atoms with Gasteiger partial charge >= 0.3 is 0 Å². The Labute approximate surface area is 156 Å². The predicted molar refractivity (Wildman–Crippen MR) is 97.4 cm³/mol. The first-order chi connectivity index (χ1) is 13.0. The minimum Gasteiger partial charge on any atom is -0.487 e. The van der Waals surface area contributed by atoms with E-state index in [1.165, 1.54) is 6.92 Å². The third-order valence-corrected chi connectivity index (χ3v) is 4.58. The maximum atomic E-state index is 12.5. The van der Waals surface area contributed by atoms with E-state index in [4.69, 9.17) is 4.74 Å². The van der Waals surface area contributed by atoms with Gasteiger partial charge in [0.2, 0.25) is 5.91 Å². The minimum absolute atomic E-state index is 0.0319. The zero-order valence-electron chi connectivity index (χ0n) is 15.3. The second-order valence-electron chi connectivity index (χ2n) is 6.50. The first-order valence-corrected chi connectivity index (χ1v) is 8.77. The molecule has 1 fully saturated rings. The van der Waals surface area contributed by atoms with Crippen LogP contribution in [0.5, 0.6) is 5.75 Å². The Bertz CT molecular complexity index is 861. The molecule has 0 aliphatic carbocycles. The number of likely N-dealkylation sites (tertiary alicyclic amines) is 1. The summed E-state index contributed by atoms with van der Waals surface area (Å²) in [6, 6.07) is 8.56. The molecule has 1 aliphatic heterocycles. The van der Waals surface area contributed by atoms with Gasteiger partial charge in [0.25, 0.3) is 5.91 Å². The molecule has 2 amide bonds. The van der Waals surface area contributed by atoms with E-state index in [2.05, 4.69) is 15.5 Å². The average molecular weight is 370 g/mol. The first-order valence-electron chi connectivity index (χ1n) is 8.77. The highest BCUT2D eigenvalue weighted by Gasteiger charge is 2.31. The van der Waals surface area contributed by atoms with Gasteiger partial charge in [-0.1, -0.05) is 12.1 Å². The van der Waals surface area contributed by atoms with Gasteiger partial charge in [0, 0.05) is 25.7 Å². The van der Waals surface area contributed by atoms with Gasteiger partial charge in [0.05, 0.1) is 11.6 Å². The van der Waals surface area contributed by atoms with Crippen LogP contribution >= 0.6 is 0 Å². The Hall–Kier alpha value is -3.16. The molecule has 2 aromatic rings. The summed E-state index contributed by atoms with van der Waals surface area (Å²) in [5.41, 5.74) is 1.52. The number of carbonyl (C=O) groups excluding carboxylic acids is 3. The summed E-state index contributed by atoms with van der Waals surface area (Å²) in [4.78, 5) is 37.3. The van der Waals surface area contributed by atoms with Crippen LogP contribution in [0.2, 0.25) is 0 Å². The van der Waals surface area contributed by atoms with Crippen molar-refractivity contribution in [3.8, 4) is 5.75 Å². The number of nitrogens with zero attached hydrogens (tertiary/aromatic N) is 2. The molecule has 27 heavy (non-hydrogen) atoms. The lowest BCUT2D eigenvalue weighted by Gasteiger charge is -2.14. The van der Waals surface area contributed by atoms with Gasteiger partial charge < -0.3 is 15.0 Å². The number of carbonyl (C=O) groups is 3. The van der Waals surface area contributed by atoms with Crippen molar-refractivity contribution in [3.63, 3.8) is 0 Å². The van der Waals surface area contributed by atoms with Gasteiger partial charge in [-0.2, -0.15) is 5.10 Å². The molecule has 0 spiro atoms. The summed E-state index contributed by atoms with van der Waals surface area (Å²) < 4.78 is 5.66. The lowest BCUT2D eigenvalue weighted by Crippen LogP contribution is -2.33. The van der Waals surface area contributed by atoms with E-state index >= 15 is 0 Å². The van der Waals surface area contributed by atoms with Gasteiger partial charge in [0.1, 0.15) is 12.4 Å². The number of aromatic nitrogens is 2. The number of nitrogens with one attached hydrogen (secondary N) is 2. The zero-order chi connectivity index (χ0) is 19.4. The van der Waals surface area contributed by atoms with Gasteiger partial charge in [-0.3, -0.25) is 19.5 Å². The van der Waals surface area contributed by atoms with Crippen LogP contribution < -0.4 is 10.1 Å². The molecule has 8 heteroatoms. The highest BCUT2D eigenvalue weighted by Crippen LogP contribution is 2.19. The number of hydrogen-bond acceptors (Lipinski definition) is 5. The van der Waals surface area contributed by atoms with Crippen molar-refractivity contribution in [2.45, 2.75) is 20.0 Å². The van der Waals surface area contributed by atoms with Crippen LogP contribution in [-0.4, -0.2) is 52.8 Å². The number of hydrogen-bond donors (Lipinski definition) is 2. The molecule has 3 rings (SSSR count). The molecule has 0 saturated carbocycles. The van der Waals surface area contributed by atoms with E-state index in [0.717, 1.165) is 0 Å². The highest BCUT2D eigenvalue weighted by molar-refractivity contribution is 5.94. The molecule has 0 bridgehead atoms. The standard InChI is InChI=1S/C19H22N4O4/c1-12(24)13-4-3-5-16(8-13)27-11-15-9-17(22-21-15)19(26)23-7-6-14(10-23)18(25)20-2/h3-5,8-9,14H,6-7,10-11H2,1-2H3,(H,20,25)(H,21,22). The topological polar surface area (TPSA) is 104 Å². The minimum atomic E-state index is -0.206. The Morgan fingerprint density at radius 3 is 2.89 bits per heavy atom. The van der Waals surface area contributed by atoms with E-state index in [1.807, 2.05) is 0 Å². The molecule has 1 saturated heterocycles. The lowest BCUT2D eigenvalue weighted by molar-refractivity contribution is -0.124. The summed E-state index contributed by atoms with van der Waals surface area (Å²) in [5.74, 6) is 0.111. The maximum absolute atomic E-state index is 12.5. The van der Waals surface area contributed by atoms with E-state index in [0.29, 0.717) is 42.2 Å². The van der Waals surface area contributed by atoms with Crippen molar-refractivity contribution < 1.29 is 19.1 Å². The third kappa shape index (κ3) is 4.33. The van der Waals surface area contributed by atoms with Crippen LogP contribution in [0.3, 0.4) is 0 Å². The smallest absolute Gasteiger partial charge is 0.274 e. The summed E-state index contributed by atoms with van der Waals surface area (Å²) in [6.07, 6.45) is 0.651. The van der Waals surface area contributed by atoms with E-state index in [-0.39, 0.29) is 30.1 Å². The number of rotatable bonds is 6. The Balaban J connectivity index is 1.58. The van der Waals surface area contributed by atoms with Crippen LogP contribution in [0, 0.1) is 5.92 Å². The van der Waals surface area contributed by atoms with Crippen molar-refractivity contribution in [1.29, 1.82) is 0 Å². The normalized spacial score (nSPS) is 16.2. The maximum Gasteiger partial charge on any atom is 0.274 e. The van der Waals surface area contributed by atoms with Crippen molar-refractivity contribution in [1.82, 2.24) is 20.4 Å². The predicted octanol–water partition coefficient (Wildman–Crippen LogP) is 1.40. The lowest BCUT2D eigenvalue weighted by atomic mass is 10.1. The van der Waals surface area contributed by atoms with Gasteiger partial charge in [0.15, 0.2) is 11.5 Å². The Morgan fingerprint density at radius 2 is 2.15 bits per heavy atom. The van der Waals surface area contributed by atoms with E-state index in [1.54, 1.807) is 42.3 Å². The number of Topliss-reactive ketones (excluding diaryl/α,β-unsaturated/α-hetero) is 1. The summed E-state index contributed by atoms with van der Waals surface area (Å²) >= 11 is 0. The number of H-pyrrole nitrogens is 1. The summed E-state index contributed by atoms with van der Waals surface area (Å²) in [7, 11) is 1.60. The highest BCUT2D eigenvalue weighted by atomic mass is 16.5. The molecule has 1 aromatic carbocycles. The fourth-order valence-corrected chi connectivity index (χ4v) is 3.04. The fraction of sp³-hybridized carbons (Fsp3) is 0.368. The van der Waals surface area contributed by atoms with Crippen LogP contribution in [0.4, 0.5) is 0 Å². The quantitative estimate of drug-likeness (QED) is 0.748. The van der Waals surface area contributed by atoms with E-state index in [9.17, 15) is 14.4 Å². The van der Waals surface area contributed by atoms with Crippen LogP contribution in [-0.2, 0) is 11.4 Å². The second kappa shape index (κ2) is 8.03. The number of amides is 2. The van der Waals surface area contributed by atoms with Crippen LogP contribution in [0.1, 0.15) is 39.9 Å². The van der Waals surface area contributed by atoms with Gasteiger partial charge in [-0.05, 0) is 31.5 Å². The summed E-state index contributed by atoms with van der Waals surface area (Å²) in [6.45, 7) is 2.63. The Kier molecular flexibility index (Phi) is 5.54. The van der Waals surface area contributed by atoms with Gasteiger partial charge in [-0.25, -0.2) is 0 Å². The van der Waals surface area contributed by atoms with Crippen molar-refractivity contribution in [3.05, 3.63) is 47.3 Å². The summed E-state index contributed by atoms with van der Waals surface area (Å²) in [5, 5.41) is 9.47. The SMILES string of the molecule is CNC(=O)C1CCN(C(=O)c2cc(COc3cccc(C(C)=O)c3)[nH]n2)C1. The first kappa shape index (κ1) is 18.6. The van der Waals surface area contributed by atoms with Crippen molar-refractivity contribution in [2.24, 2.45) is 5.92 Å². The molecule has 2 N–H and O–H groups in total. The van der Waals surface area contributed by atoms with E-state index < -0.39 is 0 Å². The largest absolute Gasteiger partial charge is 0.487 e. The molecule has 1 aromatic heterocycles. The molecule has 142 valence electrons. The molecule has 0 radical (unpaired) electrons. The van der Waals surface area contributed by atoms with Crippen molar-refractivity contribution >= 4 is 17.6 Å². The average Bonchev–Trinajstić information content (AvgIpc) is 3.35. The third-order valence-electron chi connectivity index (χ3n) is 4.58. The molecule has 1 atom stereocenters. The van der Waals surface area contributed by atoms with Crippen molar-refractivity contribution in [2.75, 3.05) is 20.1 Å². The molecule has 2 heterocycles. The zero-order valence-corrected chi connectivity index (χ0v) is 15.3. The number of benzene rings is 1. The number of aromatic amines is 1. The molecule has 1 aliphatic rings. The van der Waals surface area contributed by atoms with Crippen LogP contribution in [0.15, 0.2) is 30.3 Å². The van der Waals surface area contributed by atoms with Crippen LogP contribution in [0.25, 0.3) is 0 Å².